The summed E-state index contributed by atoms with van der Waals surface area (Å²) in [4.78, 5) is 13.0. The van der Waals surface area contributed by atoms with E-state index in [0.29, 0.717) is 0 Å². The van der Waals surface area contributed by atoms with Crippen LogP contribution in [0.4, 0.5) is 22.0 Å². The first kappa shape index (κ1) is 14.5. The Bertz CT molecular complexity index is 450. The van der Waals surface area contributed by atoms with Crippen molar-refractivity contribution in [2.45, 2.75) is 25.9 Å². The number of hydrogen-bond donors (Lipinski definition) is 1. The third-order valence-corrected chi connectivity index (χ3v) is 2.18. The Morgan fingerprint density at radius 1 is 1.33 bits per heavy atom. The van der Waals surface area contributed by atoms with Gasteiger partial charge in [-0.3, -0.25) is 0 Å². The monoisotopic (exact) mass is 271 g/mol. The minimum atomic E-state index is -5.73. The molecule has 0 fully saturated rings. The summed E-state index contributed by atoms with van der Waals surface area (Å²) in [5.74, 6) is -6.02. The molecule has 0 aliphatic heterocycles. The van der Waals surface area contributed by atoms with E-state index in [1.807, 2.05) is 0 Å². The molecule has 1 N–H and O–H groups in total. The van der Waals surface area contributed by atoms with Crippen molar-refractivity contribution in [2.24, 2.45) is 0 Å². The van der Waals surface area contributed by atoms with E-state index in [-0.39, 0.29) is 12.2 Å². The highest BCUT2D eigenvalue weighted by molar-refractivity contribution is 5.87. The maximum atomic E-state index is 13.1. The van der Waals surface area contributed by atoms with Crippen molar-refractivity contribution in [3.63, 3.8) is 0 Å². The molecule has 18 heavy (non-hydrogen) atoms. The molecule has 0 atom stereocenters. The first-order valence-electron chi connectivity index (χ1n) is 4.93. The van der Waals surface area contributed by atoms with Crippen molar-refractivity contribution >= 4 is 5.97 Å². The lowest BCUT2D eigenvalue weighted by Gasteiger charge is -2.19. The molecular formula is C10H10F5NO2. The van der Waals surface area contributed by atoms with Crippen LogP contribution in [-0.4, -0.2) is 23.7 Å². The van der Waals surface area contributed by atoms with E-state index in [1.54, 1.807) is 4.98 Å². The number of aromatic amines is 1. The molecule has 0 saturated heterocycles. The summed E-state index contributed by atoms with van der Waals surface area (Å²) < 4.78 is 67.2. The number of aryl methyl sites for hydroxylation is 1. The summed E-state index contributed by atoms with van der Waals surface area (Å²) in [6.07, 6.45) is -5.73. The maximum Gasteiger partial charge on any atom is 0.459 e. The second-order valence-electron chi connectivity index (χ2n) is 3.53. The van der Waals surface area contributed by atoms with E-state index in [4.69, 9.17) is 0 Å². The predicted octanol–water partition coefficient (Wildman–Crippen LogP) is 3.15. The zero-order valence-electron chi connectivity index (χ0n) is 9.49. The number of halogens is 5. The lowest BCUT2D eigenvalue weighted by atomic mass is 10.1. The average molecular weight is 271 g/mol. The topological polar surface area (TPSA) is 42.1 Å². The fourth-order valence-electron chi connectivity index (χ4n) is 1.34. The highest BCUT2D eigenvalue weighted by Gasteiger charge is 2.60. The summed E-state index contributed by atoms with van der Waals surface area (Å²) in [5, 5.41) is 0. The minimum absolute atomic E-state index is 0.0120. The lowest BCUT2D eigenvalue weighted by Crippen LogP contribution is -2.34. The summed E-state index contributed by atoms with van der Waals surface area (Å²) in [5.41, 5.74) is -2.15. The lowest BCUT2D eigenvalue weighted by molar-refractivity contribution is -0.291. The molecule has 1 aromatic rings. The number of hydrogen-bond acceptors (Lipinski definition) is 2. The van der Waals surface area contributed by atoms with Gasteiger partial charge in [-0.15, -0.1) is 0 Å². The van der Waals surface area contributed by atoms with Gasteiger partial charge in [0.1, 0.15) is 5.69 Å². The van der Waals surface area contributed by atoms with Gasteiger partial charge in [0.25, 0.3) is 0 Å². The number of H-pyrrole nitrogens is 1. The second-order valence-corrected chi connectivity index (χ2v) is 3.53. The normalized spacial score (nSPS) is 12.6. The van der Waals surface area contributed by atoms with Gasteiger partial charge < -0.3 is 9.72 Å². The molecule has 0 bridgehead atoms. The Balaban J connectivity index is 3.17. The van der Waals surface area contributed by atoms with E-state index in [0.717, 1.165) is 13.0 Å². The molecule has 0 radical (unpaired) electrons. The van der Waals surface area contributed by atoms with E-state index < -0.39 is 29.5 Å². The van der Waals surface area contributed by atoms with Crippen LogP contribution in [-0.2, 0) is 10.7 Å². The van der Waals surface area contributed by atoms with Gasteiger partial charge in [-0.05, 0) is 25.5 Å². The van der Waals surface area contributed by atoms with Crippen molar-refractivity contribution in [3.05, 3.63) is 23.0 Å². The van der Waals surface area contributed by atoms with Gasteiger partial charge in [0.2, 0.25) is 0 Å². The molecule has 3 nitrogen and oxygen atoms in total. The molecule has 102 valence electrons. The summed E-state index contributed by atoms with van der Waals surface area (Å²) in [7, 11) is 0. The molecule has 1 aromatic heterocycles. The van der Waals surface area contributed by atoms with Gasteiger partial charge >= 0.3 is 18.1 Å². The van der Waals surface area contributed by atoms with Gasteiger partial charge in [-0.25, -0.2) is 4.79 Å². The number of alkyl halides is 5. The molecule has 1 rings (SSSR count). The van der Waals surface area contributed by atoms with Crippen LogP contribution >= 0.6 is 0 Å². The van der Waals surface area contributed by atoms with Crippen LogP contribution in [0.3, 0.4) is 0 Å². The van der Waals surface area contributed by atoms with E-state index in [2.05, 4.69) is 4.74 Å². The zero-order chi connectivity index (χ0) is 14.1. The Hall–Kier alpha value is -1.60. The molecular weight excluding hydrogens is 261 g/mol. The number of carbonyl (C=O) groups excluding carboxylic acids is 1. The number of ether oxygens (including phenoxy) is 1. The Kier molecular flexibility index (Phi) is 3.68. The third-order valence-electron chi connectivity index (χ3n) is 2.18. The van der Waals surface area contributed by atoms with Gasteiger partial charge in [-0.2, -0.15) is 22.0 Å². The number of nitrogens with one attached hydrogen (secondary N) is 1. The number of aromatic nitrogens is 1. The smallest absolute Gasteiger partial charge is 0.459 e. The minimum Gasteiger partial charge on any atom is -0.461 e. The fourth-order valence-corrected chi connectivity index (χ4v) is 1.34. The molecule has 0 unspecified atom stereocenters. The van der Waals surface area contributed by atoms with Crippen LogP contribution in [0.25, 0.3) is 0 Å². The molecule has 0 aromatic carbocycles. The summed E-state index contributed by atoms with van der Waals surface area (Å²) >= 11 is 0. The van der Waals surface area contributed by atoms with Crippen LogP contribution in [0, 0.1) is 6.92 Å². The Labute approximate surface area is 98.9 Å². The van der Waals surface area contributed by atoms with Crippen LogP contribution < -0.4 is 0 Å². The highest BCUT2D eigenvalue weighted by atomic mass is 19.4. The molecule has 0 amide bonds. The van der Waals surface area contributed by atoms with Crippen molar-refractivity contribution in [1.29, 1.82) is 0 Å². The average Bonchev–Trinajstić information content (AvgIpc) is 2.59. The fraction of sp³-hybridized carbons (Fsp3) is 0.500. The molecule has 1 heterocycles. The van der Waals surface area contributed by atoms with Crippen molar-refractivity contribution in [2.75, 3.05) is 6.61 Å². The van der Waals surface area contributed by atoms with Crippen LogP contribution in [0.2, 0.25) is 0 Å². The quantitative estimate of drug-likeness (QED) is 0.677. The van der Waals surface area contributed by atoms with Gasteiger partial charge in [0, 0.05) is 0 Å². The molecule has 0 saturated carbocycles. The standard InChI is InChI=1S/C10H10F5NO2/c1-3-18-8(17)6-4-5(2)7(16-6)9(11,12)10(13,14)15/h4,16H,3H2,1-2H3. The summed E-state index contributed by atoms with van der Waals surface area (Å²) in [6, 6.07) is 0.896. The van der Waals surface area contributed by atoms with Crippen LogP contribution in [0.1, 0.15) is 28.7 Å². The van der Waals surface area contributed by atoms with Crippen molar-refractivity contribution in [3.8, 4) is 0 Å². The van der Waals surface area contributed by atoms with Crippen LogP contribution in [0.15, 0.2) is 6.07 Å². The first-order valence-corrected chi connectivity index (χ1v) is 4.93. The Morgan fingerprint density at radius 3 is 2.33 bits per heavy atom. The predicted molar refractivity (Wildman–Crippen MR) is 51.4 cm³/mol. The number of rotatable bonds is 3. The van der Waals surface area contributed by atoms with Gasteiger partial charge in [0.05, 0.1) is 12.3 Å². The van der Waals surface area contributed by atoms with Crippen molar-refractivity contribution in [1.82, 2.24) is 4.98 Å². The zero-order valence-corrected chi connectivity index (χ0v) is 9.49. The van der Waals surface area contributed by atoms with Crippen LogP contribution in [0.5, 0.6) is 0 Å². The first-order chi connectivity index (χ1) is 8.11. The van der Waals surface area contributed by atoms with Crippen molar-refractivity contribution < 1.29 is 31.5 Å². The van der Waals surface area contributed by atoms with E-state index in [1.165, 1.54) is 6.92 Å². The molecule has 0 spiro atoms. The Morgan fingerprint density at radius 2 is 1.89 bits per heavy atom. The molecule has 0 aliphatic carbocycles. The van der Waals surface area contributed by atoms with E-state index >= 15 is 0 Å². The van der Waals surface area contributed by atoms with Gasteiger partial charge in [-0.1, -0.05) is 0 Å². The molecule has 0 aliphatic rings. The maximum absolute atomic E-state index is 13.1. The van der Waals surface area contributed by atoms with E-state index in [9.17, 15) is 26.7 Å². The van der Waals surface area contributed by atoms with Gasteiger partial charge in [0.15, 0.2) is 0 Å². The second kappa shape index (κ2) is 4.58. The number of carbonyl (C=O) groups is 1. The SMILES string of the molecule is CCOC(=O)c1cc(C)c(C(F)(F)C(F)(F)F)[nH]1. The largest absolute Gasteiger partial charge is 0.461 e. The third kappa shape index (κ3) is 2.46. The summed E-state index contributed by atoms with van der Waals surface area (Å²) in [6.45, 7) is 2.52. The highest BCUT2D eigenvalue weighted by Crippen LogP contribution is 2.44. The molecule has 8 heteroatoms. The number of esters is 1.